The van der Waals surface area contributed by atoms with Gasteiger partial charge in [0.05, 0.1) is 11.6 Å². The second-order valence-electron chi connectivity index (χ2n) is 5.83. The summed E-state index contributed by atoms with van der Waals surface area (Å²) < 4.78 is 0.928. The van der Waals surface area contributed by atoms with Crippen molar-refractivity contribution in [3.63, 3.8) is 0 Å². The Morgan fingerprint density at radius 2 is 1.87 bits per heavy atom. The van der Waals surface area contributed by atoms with Gasteiger partial charge in [-0.1, -0.05) is 54.2 Å². The van der Waals surface area contributed by atoms with Crippen molar-refractivity contribution in [1.82, 2.24) is 4.90 Å². The van der Waals surface area contributed by atoms with E-state index < -0.39 is 17.7 Å². The fourth-order valence-electron chi connectivity index (χ4n) is 2.94. The SMILES string of the molecule is CCCCCCN1C(=O)C(O)=C(C(C)=O)[C@H]1c1ccc(Br)cc1. The van der Waals surface area contributed by atoms with E-state index in [-0.39, 0.29) is 11.4 Å². The number of aliphatic hydroxyl groups excluding tert-OH is 1. The first-order valence-electron chi connectivity index (χ1n) is 7.97. The molecule has 1 amide bonds. The molecule has 0 saturated carbocycles. The summed E-state index contributed by atoms with van der Waals surface area (Å²) in [6.07, 6.45) is 4.13. The Bertz CT molecular complexity index is 622. The number of hydrogen-bond donors (Lipinski definition) is 1. The summed E-state index contributed by atoms with van der Waals surface area (Å²) in [4.78, 5) is 26.0. The molecular weight excluding hydrogens is 358 g/mol. The number of hydrogen-bond acceptors (Lipinski definition) is 3. The maximum atomic E-state index is 12.4. The number of carbonyl (C=O) groups excluding carboxylic acids is 2. The van der Waals surface area contributed by atoms with Crippen LogP contribution in [-0.2, 0) is 9.59 Å². The standard InChI is InChI=1S/C18H22BrNO3/c1-3-4-5-6-11-20-16(13-7-9-14(19)10-8-13)15(12(2)21)17(22)18(20)23/h7-10,16,22H,3-6,11H2,1-2H3/t16-/m1/s1. The molecule has 124 valence electrons. The number of halogens is 1. The zero-order valence-corrected chi connectivity index (χ0v) is 15.1. The molecule has 23 heavy (non-hydrogen) atoms. The molecule has 1 heterocycles. The first-order chi connectivity index (χ1) is 11.0. The number of unbranched alkanes of at least 4 members (excludes halogenated alkanes) is 3. The Morgan fingerprint density at radius 1 is 1.22 bits per heavy atom. The fourth-order valence-corrected chi connectivity index (χ4v) is 3.21. The minimum absolute atomic E-state index is 0.202. The van der Waals surface area contributed by atoms with Crippen molar-refractivity contribution in [1.29, 1.82) is 0 Å². The van der Waals surface area contributed by atoms with E-state index in [1.165, 1.54) is 6.92 Å². The highest BCUT2D eigenvalue weighted by Crippen LogP contribution is 2.38. The Labute approximate surface area is 145 Å². The van der Waals surface area contributed by atoms with E-state index in [1.54, 1.807) is 4.90 Å². The number of Topliss-reactive ketones (excluding diaryl/α,β-unsaturated/α-hetero) is 1. The average molecular weight is 380 g/mol. The van der Waals surface area contributed by atoms with E-state index in [0.717, 1.165) is 35.7 Å². The van der Waals surface area contributed by atoms with Crippen LogP contribution in [0.25, 0.3) is 0 Å². The quantitative estimate of drug-likeness (QED) is 0.717. The van der Waals surface area contributed by atoms with Gasteiger partial charge in [0, 0.05) is 11.0 Å². The van der Waals surface area contributed by atoms with Crippen LogP contribution in [0.2, 0.25) is 0 Å². The lowest BCUT2D eigenvalue weighted by atomic mass is 9.96. The summed E-state index contributed by atoms with van der Waals surface area (Å²) >= 11 is 3.39. The molecule has 0 aromatic heterocycles. The van der Waals surface area contributed by atoms with Crippen LogP contribution in [0.15, 0.2) is 40.1 Å². The molecule has 0 spiro atoms. The van der Waals surface area contributed by atoms with Crippen LogP contribution in [0.3, 0.4) is 0 Å². The van der Waals surface area contributed by atoms with Gasteiger partial charge in [-0.3, -0.25) is 9.59 Å². The average Bonchev–Trinajstić information content (AvgIpc) is 2.77. The zero-order valence-electron chi connectivity index (χ0n) is 13.5. The van der Waals surface area contributed by atoms with Crippen LogP contribution < -0.4 is 0 Å². The molecule has 0 unspecified atom stereocenters. The summed E-state index contributed by atoms with van der Waals surface area (Å²) in [5.41, 5.74) is 1.04. The van der Waals surface area contributed by atoms with Gasteiger partial charge in [-0.15, -0.1) is 0 Å². The van der Waals surface area contributed by atoms with Crippen molar-refractivity contribution >= 4 is 27.6 Å². The number of nitrogens with zero attached hydrogens (tertiary/aromatic N) is 1. The van der Waals surface area contributed by atoms with Gasteiger partial charge in [-0.05, 0) is 31.0 Å². The minimum atomic E-state index is -0.491. The minimum Gasteiger partial charge on any atom is -0.503 e. The number of rotatable bonds is 7. The highest BCUT2D eigenvalue weighted by atomic mass is 79.9. The van der Waals surface area contributed by atoms with Crippen molar-refractivity contribution in [2.75, 3.05) is 6.54 Å². The lowest BCUT2D eigenvalue weighted by Gasteiger charge is -2.26. The topological polar surface area (TPSA) is 57.6 Å². The molecular formula is C18H22BrNO3. The molecule has 2 rings (SSSR count). The predicted molar refractivity (Wildman–Crippen MR) is 93.1 cm³/mol. The third-order valence-electron chi connectivity index (χ3n) is 4.12. The van der Waals surface area contributed by atoms with Crippen molar-refractivity contribution in [3.05, 3.63) is 45.6 Å². The molecule has 1 aromatic rings. The fraction of sp³-hybridized carbons (Fsp3) is 0.444. The van der Waals surface area contributed by atoms with Crippen LogP contribution in [-0.4, -0.2) is 28.2 Å². The molecule has 1 N–H and O–H groups in total. The smallest absolute Gasteiger partial charge is 0.290 e. The van der Waals surface area contributed by atoms with Gasteiger partial charge in [-0.25, -0.2) is 0 Å². The molecule has 4 nitrogen and oxygen atoms in total. The maximum absolute atomic E-state index is 12.4. The summed E-state index contributed by atoms with van der Waals surface area (Å²) in [5, 5.41) is 10.1. The summed E-state index contributed by atoms with van der Waals surface area (Å²) in [5.74, 6) is -1.11. The second-order valence-corrected chi connectivity index (χ2v) is 6.75. The second kappa shape index (κ2) is 7.77. The van der Waals surface area contributed by atoms with E-state index >= 15 is 0 Å². The van der Waals surface area contributed by atoms with E-state index in [1.807, 2.05) is 24.3 Å². The van der Waals surface area contributed by atoms with Crippen LogP contribution >= 0.6 is 15.9 Å². The molecule has 5 heteroatoms. The lowest BCUT2D eigenvalue weighted by molar-refractivity contribution is -0.129. The van der Waals surface area contributed by atoms with Crippen LogP contribution in [0.5, 0.6) is 0 Å². The van der Waals surface area contributed by atoms with Gasteiger partial charge < -0.3 is 10.0 Å². The number of ketones is 1. The molecule has 0 aliphatic carbocycles. The summed E-state index contributed by atoms with van der Waals surface area (Å²) in [7, 11) is 0. The van der Waals surface area contributed by atoms with Gasteiger partial charge >= 0.3 is 0 Å². The maximum Gasteiger partial charge on any atom is 0.290 e. The summed E-state index contributed by atoms with van der Waals surface area (Å²) in [6, 6.07) is 7.02. The van der Waals surface area contributed by atoms with E-state index in [9.17, 15) is 14.7 Å². The Hall–Kier alpha value is -1.62. The van der Waals surface area contributed by atoms with Crippen LogP contribution in [0, 0.1) is 0 Å². The van der Waals surface area contributed by atoms with E-state index in [2.05, 4.69) is 22.9 Å². The largest absolute Gasteiger partial charge is 0.503 e. The molecule has 1 aromatic carbocycles. The Kier molecular flexibility index (Phi) is 5.99. The van der Waals surface area contributed by atoms with Gasteiger partial charge in [0.2, 0.25) is 0 Å². The van der Waals surface area contributed by atoms with Gasteiger partial charge in [0.25, 0.3) is 5.91 Å². The van der Waals surface area contributed by atoms with Crippen LogP contribution in [0.1, 0.15) is 51.1 Å². The van der Waals surface area contributed by atoms with Gasteiger partial charge in [0.1, 0.15) is 0 Å². The van der Waals surface area contributed by atoms with E-state index in [0.29, 0.717) is 6.54 Å². The highest BCUT2D eigenvalue weighted by molar-refractivity contribution is 9.10. The summed E-state index contributed by atoms with van der Waals surface area (Å²) in [6.45, 7) is 4.07. The molecule has 0 radical (unpaired) electrons. The monoisotopic (exact) mass is 379 g/mol. The van der Waals surface area contributed by atoms with Crippen molar-refractivity contribution in [2.24, 2.45) is 0 Å². The number of benzene rings is 1. The number of amides is 1. The van der Waals surface area contributed by atoms with Crippen molar-refractivity contribution in [3.8, 4) is 0 Å². The first-order valence-corrected chi connectivity index (χ1v) is 8.77. The molecule has 1 aliphatic heterocycles. The molecule has 0 saturated heterocycles. The molecule has 0 fully saturated rings. The third kappa shape index (κ3) is 3.83. The van der Waals surface area contributed by atoms with Gasteiger partial charge in [0.15, 0.2) is 11.5 Å². The number of carbonyl (C=O) groups is 2. The first kappa shape index (κ1) is 17.7. The zero-order chi connectivity index (χ0) is 17.0. The van der Waals surface area contributed by atoms with Crippen LogP contribution in [0.4, 0.5) is 0 Å². The lowest BCUT2D eigenvalue weighted by Crippen LogP contribution is -2.32. The molecule has 0 bridgehead atoms. The molecule has 1 aliphatic rings. The van der Waals surface area contributed by atoms with Gasteiger partial charge in [-0.2, -0.15) is 0 Å². The van der Waals surface area contributed by atoms with Crippen molar-refractivity contribution in [2.45, 2.75) is 45.6 Å². The van der Waals surface area contributed by atoms with Crippen molar-refractivity contribution < 1.29 is 14.7 Å². The third-order valence-corrected chi connectivity index (χ3v) is 4.65. The molecule has 1 atom stereocenters. The normalized spacial score (nSPS) is 18.0. The Balaban J connectivity index is 2.31. The predicted octanol–water partition coefficient (Wildman–Crippen LogP) is 4.31. The number of aliphatic hydroxyl groups is 1. The van der Waals surface area contributed by atoms with E-state index in [4.69, 9.17) is 0 Å². The Morgan fingerprint density at radius 3 is 2.43 bits per heavy atom. The highest BCUT2D eigenvalue weighted by Gasteiger charge is 2.41.